The molecule has 0 bridgehead atoms. The van der Waals surface area contributed by atoms with E-state index in [1.54, 1.807) is 23.1 Å². The van der Waals surface area contributed by atoms with Gasteiger partial charge >= 0.3 is 0 Å². The number of hydrogen-bond donors (Lipinski definition) is 0. The molecule has 3 aromatic rings. The van der Waals surface area contributed by atoms with Gasteiger partial charge in [0.05, 0.1) is 0 Å². The fourth-order valence-corrected chi connectivity index (χ4v) is 2.83. The number of hydrogen-bond acceptors (Lipinski definition) is 4. The summed E-state index contributed by atoms with van der Waals surface area (Å²) in [6, 6.07) is 7.73. The molecule has 0 atom stereocenters. The summed E-state index contributed by atoms with van der Waals surface area (Å²) in [7, 11) is 1.81. The molecule has 0 unspecified atom stereocenters. The molecular formula is C16H15N5O. The molecule has 6 nitrogen and oxygen atoms in total. The highest BCUT2D eigenvalue weighted by molar-refractivity contribution is 5.92. The first kappa shape index (κ1) is 12.9. The van der Waals surface area contributed by atoms with Gasteiger partial charge in [0.25, 0.3) is 5.91 Å². The van der Waals surface area contributed by atoms with Crippen molar-refractivity contribution in [2.24, 2.45) is 7.05 Å². The molecule has 0 spiro atoms. The van der Waals surface area contributed by atoms with Gasteiger partial charge in [0.1, 0.15) is 5.69 Å². The van der Waals surface area contributed by atoms with Crippen molar-refractivity contribution in [3.63, 3.8) is 0 Å². The first-order chi connectivity index (χ1) is 10.7. The minimum Gasteiger partial charge on any atom is -0.332 e. The van der Waals surface area contributed by atoms with Crippen molar-refractivity contribution in [3.8, 4) is 0 Å². The number of pyridine rings is 2. The molecule has 4 rings (SSSR count). The minimum atomic E-state index is -0.0301. The fourth-order valence-electron chi connectivity index (χ4n) is 2.83. The number of carbonyl (C=O) groups excluding carboxylic acids is 1. The van der Waals surface area contributed by atoms with Crippen LogP contribution in [-0.4, -0.2) is 37.1 Å². The molecule has 0 fully saturated rings. The van der Waals surface area contributed by atoms with Gasteiger partial charge in [0.15, 0.2) is 5.65 Å². The standard InChI is InChI=1S/C16H15N5O/c1-20-7-4-14(19-20)16(22)21-8-5-13-12(10-21)9-11-3-2-6-17-15(11)18-13/h2-4,6-7,9H,5,8,10H2,1H3. The average Bonchev–Trinajstić information content (AvgIpc) is 2.98. The van der Waals surface area contributed by atoms with Crippen molar-refractivity contribution in [3.05, 3.63) is 53.6 Å². The molecule has 0 N–H and O–H groups in total. The molecule has 4 heterocycles. The lowest BCUT2D eigenvalue weighted by Crippen LogP contribution is -2.36. The van der Waals surface area contributed by atoms with Crippen LogP contribution in [0.15, 0.2) is 36.7 Å². The lowest BCUT2D eigenvalue weighted by atomic mass is 10.0. The summed E-state index contributed by atoms with van der Waals surface area (Å²) in [4.78, 5) is 23.2. The molecule has 0 radical (unpaired) electrons. The minimum absolute atomic E-state index is 0.0301. The Kier molecular flexibility index (Phi) is 2.89. The van der Waals surface area contributed by atoms with E-state index in [2.05, 4.69) is 21.1 Å². The third-order valence-electron chi connectivity index (χ3n) is 3.96. The second kappa shape index (κ2) is 4.91. The summed E-state index contributed by atoms with van der Waals surface area (Å²) in [6.07, 6.45) is 4.29. The van der Waals surface area contributed by atoms with E-state index in [0.717, 1.165) is 28.7 Å². The van der Waals surface area contributed by atoms with Crippen LogP contribution >= 0.6 is 0 Å². The van der Waals surface area contributed by atoms with Gasteiger partial charge in [-0.2, -0.15) is 5.10 Å². The normalized spacial score (nSPS) is 14.1. The van der Waals surface area contributed by atoms with Crippen LogP contribution in [0.1, 0.15) is 21.7 Å². The molecular weight excluding hydrogens is 278 g/mol. The molecule has 0 aromatic carbocycles. The number of nitrogens with zero attached hydrogens (tertiary/aromatic N) is 5. The maximum absolute atomic E-state index is 12.5. The molecule has 3 aromatic heterocycles. The summed E-state index contributed by atoms with van der Waals surface area (Å²) in [6.45, 7) is 1.23. The fraction of sp³-hybridized carbons (Fsp3) is 0.250. The third kappa shape index (κ3) is 2.13. The van der Waals surface area contributed by atoms with E-state index in [4.69, 9.17) is 0 Å². The van der Waals surface area contributed by atoms with E-state index >= 15 is 0 Å². The lowest BCUT2D eigenvalue weighted by molar-refractivity contribution is 0.0727. The summed E-state index contributed by atoms with van der Waals surface area (Å²) in [5.74, 6) is -0.0301. The van der Waals surface area contributed by atoms with E-state index in [1.165, 1.54) is 0 Å². The van der Waals surface area contributed by atoms with Gasteiger partial charge in [-0.05, 0) is 29.8 Å². The maximum Gasteiger partial charge on any atom is 0.274 e. The molecule has 22 heavy (non-hydrogen) atoms. The second-order valence-corrected chi connectivity index (χ2v) is 5.50. The van der Waals surface area contributed by atoms with Crippen LogP contribution in [-0.2, 0) is 20.0 Å². The molecule has 0 aliphatic carbocycles. The zero-order valence-electron chi connectivity index (χ0n) is 12.2. The number of aryl methyl sites for hydroxylation is 1. The van der Waals surface area contributed by atoms with Crippen molar-refractivity contribution in [1.29, 1.82) is 0 Å². The number of rotatable bonds is 1. The maximum atomic E-state index is 12.5. The van der Waals surface area contributed by atoms with E-state index in [0.29, 0.717) is 18.8 Å². The topological polar surface area (TPSA) is 63.9 Å². The molecule has 0 saturated heterocycles. The van der Waals surface area contributed by atoms with Crippen LogP contribution in [0.2, 0.25) is 0 Å². The summed E-state index contributed by atoms with van der Waals surface area (Å²) < 4.78 is 1.64. The van der Waals surface area contributed by atoms with Crippen LogP contribution in [0, 0.1) is 0 Å². The molecule has 1 aliphatic rings. The molecule has 110 valence electrons. The zero-order chi connectivity index (χ0) is 15.1. The highest BCUT2D eigenvalue weighted by atomic mass is 16.2. The van der Waals surface area contributed by atoms with Crippen LogP contribution in [0.3, 0.4) is 0 Å². The molecule has 6 heteroatoms. The Hall–Kier alpha value is -2.76. The second-order valence-electron chi connectivity index (χ2n) is 5.50. The largest absolute Gasteiger partial charge is 0.332 e. The number of amides is 1. The van der Waals surface area contributed by atoms with E-state index in [1.807, 2.05) is 24.1 Å². The predicted molar refractivity (Wildman–Crippen MR) is 81.2 cm³/mol. The summed E-state index contributed by atoms with van der Waals surface area (Å²) in [5.41, 5.74) is 3.39. The number of fused-ring (bicyclic) bond motifs is 2. The van der Waals surface area contributed by atoms with Gasteiger partial charge in [-0.25, -0.2) is 9.97 Å². The lowest BCUT2D eigenvalue weighted by Gasteiger charge is -2.27. The number of carbonyl (C=O) groups is 1. The van der Waals surface area contributed by atoms with Gasteiger partial charge < -0.3 is 4.90 Å². The summed E-state index contributed by atoms with van der Waals surface area (Å²) >= 11 is 0. The Morgan fingerprint density at radius 2 is 2.23 bits per heavy atom. The SMILES string of the molecule is Cn1ccc(C(=O)N2CCc3nc4ncccc4cc3C2)n1. The monoisotopic (exact) mass is 293 g/mol. The average molecular weight is 293 g/mol. The Morgan fingerprint density at radius 1 is 1.32 bits per heavy atom. The van der Waals surface area contributed by atoms with Crippen LogP contribution < -0.4 is 0 Å². The predicted octanol–water partition coefficient (Wildman–Crippen LogP) is 1.56. The van der Waals surface area contributed by atoms with Crippen LogP contribution in [0.4, 0.5) is 0 Å². The van der Waals surface area contributed by atoms with Crippen LogP contribution in [0.25, 0.3) is 11.0 Å². The van der Waals surface area contributed by atoms with Gasteiger partial charge in [-0.15, -0.1) is 0 Å². The Morgan fingerprint density at radius 3 is 3.05 bits per heavy atom. The van der Waals surface area contributed by atoms with Crippen LogP contribution in [0.5, 0.6) is 0 Å². The smallest absolute Gasteiger partial charge is 0.274 e. The Bertz CT molecular complexity index is 870. The van der Waals surface area contributed by atoms with Crippen molar-refractivity contribution >= 4 is 16.9 Å². The zero-order valence-corrected chi connectivity index (χ0v) is 12.2. The Balaban J connectivity index is 1.66. The molecule has 0 saturated carbocycles. The van der Waals surface area contributed by atoms with Crippen molar-refractivity contribution in [2.75, 3.05) is 6.54 Å². The van der Waals surface area contributed by atoms with Crippen molar-refractivity contribution < 1.29 is 4.79 Å². The summed E-state index contributed by atoms with van der Waals surface area (Å²) in [5, 5.41) is 5.20. The van der Waals surface area contributed by atoms with Gasteiger partial charge in [0, 0.05) is 50.0 Å². The van der Waals surface area contributed by atoms with Gasteiger partial charge in [0.2, 0.25) is 0 Å². The van der Waals surface area contributed by atoms with Crippen molar-refractivity contribution in [1.82, 2.24) is 24.6 Å². The first-order valence-electron chi connectivity index (χ1n) is 7.23. The molecule has 1 amide bonds. The molecule has 1 aliphatic heterocycles. The van der Waals surface area contributed by atoms with Gasteiger partial charge in [-0.1, -0.05) is 0 Å². The van der Waals surface area contributed by atoms with E-state index in [9.17, 15) is 4.79 Å². The van der Waals surface area contributed by atoms with Gasteiger partial charge in [-0.3, -0.25) is 9.48 Å². The number of aromatic nitrogens is 4. The van der Waals surface area contributed by atoms with E-state index in [-0.39, 0.29) is 5.91 Å². The Labute approximate surface area is 127 Å². The third-order valence-corrected chi connectivity index (χ3v) is 3.96. The highest BCUT2D eigenvalue weighted by Gasteiger charge is 2.24. The van der Waals surface area contributed by atoms with E-state index < -0.39 is 0 Å². The highest BCUT2D eigenvalue weighted by Crippen LogP contribution is 2.22. The first-order valence-corrected chi connectivity index (χ1v) is 7.23. The quantitative estimate of drug-likeness (QED) is 0.683. The van der Waals surface area contributed by atoms with Crippen molar-refractivity contribution in [2.45, 2.75) is 13.0 Å².